The molecule has 37 heavy (non-hydrogen) atoms. The van der Waals surface area contributed by atoms with Crippen molar-refractivity contribution in [3.05, 3.63) is 96.1 Å². The summed E-state index contributed by atoms with van der Waals surface area (Å²) in [5.74, 6) is -2.31. The molecule has 3 aromatic carbocycles. The van der Waals surface area contributed by atoms with Gasteiger partial charge in [-0.2, -0.15) is 0 Å². The molecule has 0 aromatic heterocycles. The van der Waals surface area contributed by atoms with Crippen LogP contribution in [0.25, 0.3) is 10.8 Å². The average molecular weight is 498 g/mol. The number of nitrogens with one attached hydrogen (secondary N) is 1. The van der Waals surface area contributed by atoms with Gasteiger partial charge in [0, 0.05) is 17.7 Å². The highest BCUT2D eigenvalue weighted by Crippen LogP contribution is 2.25. The largest absolute Gasteiger partial charge is 0.480 e. The molecule has 0 bridgehead atoms. The van der Waals surface area contributed by atoms with Crippen LogP contribution in [0.5, 0.6) is 0 Å². The molecule has 0 unspecified atom stereocenters. The molecule has 2 N–H and O–H groups in total. The Balaban J connectivity index is 1.41. The lowest BCUT2D eigenvalue weighted by Crippen LogP contribution is -2.66. The fourth-order valence-corrected chi connectivity index (χ4v) is 5.16. The Morgan fingerprint density at radius 1 is 0.838 bits per heavy atom. The maximum absolute atomic E-state index is 13.7. The topological polar surface area (TPSA) is 107 Å². The molecule has 2 aliphatic rings. The zero-order valence-corrected chi connectivity index (χ0v) is 20.1. The first kappa shape index (κ1) is 24.2. The number of carboxylic acids is 1. The van der Waals surface area contributed by atoms with Crippen molar-refractivity contribution in [2.75, 3.05) is 13.1 Å². The van der Waals surface area contributed by atoms with E-state index in [0.717, 1.165) is 10.8 Å². The van der Waals surface area contributed by atoms with Crippen LogP contribution in [-0.4, -0.2) is 69.8 Å². The third-order valence-electron chi connectivity index (χ3n) is 6.99. The predicted molar refractivity (Wildman–Crippen MR) is 138 cm³/mol. The molecule has 1 fully saturated rings. The normalized spacial score (nSPS) is 21.6. The summed E-state index contributed by atoms with van der Waals surface area (Å²) in [6.45, 7) is 0.0799. The summed E-state index contributed by atoms with van der Waals surface area (Å²) >= 11 is 0. The van der Waals surface area contributed by atoms with Crippen LogP contribution in [0.3, 0.4) is 0 Å². The molecule has 2 heterocycles. The van der Waals surface area contributed by atoms with Crippen molar-refractivity contribution in [1.82, 2.24) is 15.1 Å². The molecule has 188 valence electrons. The van der Waals surface area contributed by atoms with E-state index in [1.165, 1.54) is 9.80 Å². The molecular weight excluding hydrogens is 470 g/mol. The maximum atomic E-state index is 13.7. The minimum atomic E-state index is -1.22. The number of carbonyl (C=O) groups is 4. The van der Waals surface area contributed by atoms with E-state index < -0.39 is 35.9 Å². The number of rotatable bonds is 4. The van der Waals surface area contributed by atoms with Crippen LogP contribution in [0.2, 0.25) is 0 Å². The molecule has 3 atom stereocenters. The number of fused-ring (bicyclic) bond motifs is 2. The zero-order chi connectivity index (χ0) is 25.9. The quantitative estimate of drug-likeness (QED) is 0.539. The van der Waals surface area contributed by atoms with Crippen molar-refractivity contribution in [3.8, 4) is 0 Å². The van der Waals surface area contributed by atoms with Gasteiger partial charge in [0.05, 0.1) is 12.6 Å². The smallest absolute Gasteiger partial charge is 0.328 e. The minimum absolute atomic E-state index is 0.126. The van der Waals surface area contributed by atoms with E-state index in [2.05, 4.69) is 5.32 Å². The summed E-state index contributed by atoms with van der Waals surface area (Å²) in [6, 6.07) is 18.9. The number of carbonyl (C=O) groups excluding carboxylic acids is 3. The lowest BCUT2D eigenvalue weighted by molar-refractivity contribution is -0.157. The van der Waals surface area contributed by atoms with Gasteiger partial charge in [0.2, 0.25) is 5.91 Å². The molecule has 0 aliphatic carbocycles. The van der Waals surface area contributed by atoms with Gasteiger partial charge >= 0.3 is 5.97 Å². The van der Waals surface area contributed by atoms with E-state index in [9.17, 15) is 24.3 Å². The molecule has 0 saturated carbocycles. The molecular formula is C29H27N3O5. The number of piperazine rings is 1. The summed E-state index contributed by atoms with van der Waals surface area (Å²) in [5, 5.41) is 14.6. The lowest BCUT2D eigenvalue weighted by atomic mass is 9.96. The summed E-state index contributed by atoms with van der Waals surface area (Å²) < 4.78 is 0. The van der Waals surface area contributed by atoms with Gasteiger partial charge in [0.1, 0.15) is 12.1 Å². The van der Waals surface area contributed by atoms with Crippen LogP contribution >= 0.6 is 0 Å². The third kappa shape index (κ3) is 4.82. The van der Waals surface area contributed by atoms with Gasteiger partial charge in [-0.3, -0.25) is 14.4 Å². The van der Waals surface area contributed by atoms with Gasteiger partial charge in [0.25, 0.3) is 11.8 Å². The van der Waals surface area contributed by atoms with Crippen molar-refractivity contribution in [3.63, 3.8) is 0 Å². The Bertz CT molecular complexity index is 1380. The van der Waals surface area contributed by atoms with Crippen molar-refractivity contribution in [1.29, 1.82) is 0 Å². The number of amides is 3. The van der Waals surface area contributed by atoms with E-state index >= 15 is 0 Å². The number of carboxylic acid groups (broad SMARTS) is 1. The molecule has 2 aliphatic heterocycles. The van der Waals surface area contributed by atoms with Crippen molar-refractivity contribution >= 4 is 34.5 Å². The van der Waals surface area contributed by atoms with Gasteiger partial charge in [-0.1, -0.05) is 66.7 Å². The highest BCUT2D eigenvalue weighted by atomic mass is 16.4. The molecule has 5 rings (SSSR count). The van der Waals surface area contributed by atoms with Crippen molar-refractivity contribution in [2.45, 2.75) is 31.0 Å². The second-order valence-electron chi connectivity index (χ2n) is 9.33. The minimum Gasteiger partial charge on any atom is -0.480 e. The molecule has 3 aromatic rings. The molecule has 0 spiro atoms. The van der Waals surface area contributed by atoms with Crippen LogP contribution in [0.15, 0.2) is 84.9 Å². The van der Waals surface area contributed by atoms with Crippen LogP contribution in [-0.2, 0) is 9.59 Å². The van der Waals surface area contributed by atoms with Gasteiger partial charge < -0.3 is 20.2 Å². The summed E-state index contributed by atoms with van der Waals surface area (Å²) in [6.07, 6.45) is 4.38. The van der Waals surface area contributed by atoms with Crippen LogP contribution in [0, 0.1) is 0 Å². The SMILES string of the molecule is O=C(N[C@H]1CC=CC[C@H]2CN(C(=O)c3ccccc3)C[C@@H](C(=O)O)N2C1=O)c1cccc2ccccc12. The Hall–Kier alpha value is -4.46. The number of hydrogen-bond donors (Lipinski definition) is 2. The summed E-state index contributed by atoms with van der Waals surface area (Å²) in [4.78, 5) is 55.3. The standard InChI is InChI=1S/C29H27N3O5/c33-26(23-15-8-12-19-9-4-6-14-22(19)23)30-24-16-7-5-13-21-17-31(27(34)20-10-2-1-3-11-20)18-25(29(36)37)32(21)28(24)35/h1-12,14-15,21,24-25H,13,16-18H2,(H,30,33)(H,36,37)/t21-,24-,25-/m0/s1. The Morgan fingerprint density at radius 3 is 2.32 bits per heavy atom. The summed E-state index contributed by atoms with van der Waals surface area (Å²) in [5.41, 5.74) is 0.912. The second kappa shape index (κ2) is 10.3. The van der Waals surface area contributed by atoms with Crippen LogP contribution in [0.4, 0.5) is 0 Å². The van der Waals surface area contributed by atoms with Crippen LogP contribution < -0.4 is 5.32 Å². The second-order valence-corrected chi connectivity index (χ2v) is 9.33. The van der Waals surface area contributed by atoms with Gasteiger partial charge in [-0.15, -0.1) is 0 Å². The molecule has 3 amide bonds. The van der Waals surface area contributed by atoms with E-state index in [-0.39, 0.29) is 25.4 Å². The van der Waals surface area contributed by atoms with Crippen molar-refractivity contribution in [2.24, 2.45) is 0 Å². The Morgan fingerprint density at radius 2 is 1.54 bits per heavy atom. The van der Waals surface area contributed by atoms with Gasteiger partial charge in [-0.05, 0) is 41.8 Å². The van der Waals surface area contributed by atoms with Gasteiger partial charge in [-0.25, -0.2) is 4.79 Å². The average Bonchev–Trinajstić information content (AvgIpc) is 2.92. The Kier molecular flexibility index (Phi) is 6.72. The highest BCUT2D eigenvalue weighted by molar-refractivity contribution is 6.08. The van der Waals surface area contributed by atoms with E-state index in [1.54, 1.807) is 42.5 Å². The first-order valence-electron chi connectivity index (χ1n) is 12.3. The molecule has 0 radical (unpaired) electrons. The first-order chi connectivity index (χ1) is 17.9. The fourth-order valence-electron chi connectivity index (χ4n) is 5.16. The van der Waals surface area contributed by atoms with Gasteiger partial charge in [0.15, 0.2) is 0 Å². The lowest BCUT2D eigenvalue weighted by Gasteiger charge is -2.46. The number of hydrogen-bond acceptors (Lipinski definition) is 4. The molecule has 8 heteroatoms. The van der Waals surface area contributed by atoms with E-state index in [0.29, 0.717) is 17.5 Å². The fraction of sp³-hybridized carbons (Fsp3) is 0.241. The highest BCUT2D eigenvalue weighted by Gasteiger charge is 2.45. The first-order valence-corrected chi connectivity index (χ1v) is 12.3. The maximum Gasteiger partial charge on any atom is 0.328 e. The van der Waals surface area contributed by atoms with Crippen molar-refractivity contribution < 1.29 is 24.3 Å². The zero-order valence-electron chi connectivity index (χ0n) is 20.1. The number of nitrogens with zero attached hydrogens (tertiary/aromatic N) is 2. The van der Waals surface area contributed by atoms with E-state index in [4.69, 9.17) is 0 Å². The summed E-state index contributed by atoms with van der Waals surface area (Å²) in [7, 11) is 0. The molecule has 1 saturated heterocycles. The predicted octanol–water partition coefficient (Wildman–Crippen LogP) is 3.09. The third-order valence-corrected chi connectivity index (χ3v) is 6.99. The number of benzene rings is 3. The Labute approximate surface area is 214 Å². The molecule has 8 nitrogen and oxygen atoms in total. The number of aliphatic carboxylic acids is 1. The van der Waals surface area contributed by atoms with Crippen LogP contribution in [0.1, 0.15) is 33.6 Å². The van der Waals surface area contributed by atoms with E-state index in [1.807, 2.05) is 42.5 Å². The monoisotopic (exact) mass is 497 g/mol.